The number of rotatable bonds is 52. The number of unbranched alkanes of at least 4 members (excludes halogenated alkanes) is 30. The predicted molar refractivity (Wildman–Crippen MR) is 303 cm³/mol. The summed E-state index contributed by atoms with van der Waals surface area (Å²) in [5.41, 5.74) is 0. The van der Waals surface area contributed by atoms with Gasteiger partial charge in [0.05, 0.1) is 6.61 Å². The summed E-state index contributed by atoms with van der Waals surface area (Å²) >= 11 is 0. The zero-order valence-electron chi connectivity index (χ0n) is 47.8. The minimum Gasteiger partial charge on any atom is -0.479 e. The molecule has 0 amide bonds. The van der Waals surface area contributed by atoms with E-state index in [0.29, 0.717) is 19.3 Å². The molecule has 1 saturated heterocycles. The van der Waals surface area contributed by atoms with Crippen molar-refractivity contribution in [3.8, 4) is 0 Å². The van der Waals surface area contributed by atoms with Crippen molar-refractivity contribution in [1.82, 2.24) is 0 Å². The first kappa shape index (κ1) is 69.7. The molecule has 0 aliphatic carbocycles. The minimum absolute atomic E-state index is 0.0472. The van der Waals surface area contributed by atoms with Crippen molar-refractivity contribution in [2.75, 3.05) is 13.2 Å². The van der Waals surface area contributed by atoms with E-state index in [1.807, 2.05) is 0 Å². The molecule has 434 valence electrons. The van der Waals surface area contributed by atoms with Gasteiger partial charge < -0.3 is 39.0 Å². The van der Waals surface area contributed by atoms with Gasteiger partial charge in [0.2, 0.25) is 0 Å². The van der Waals surface area contributed by atoms with E-state index in [2.05, 4.69) is 69.4 Å². The highest BCUT2D eigenvalue weighted by Gasteiger charge is 2.50. The van der Waals surface area contributed by atoms with Crippen LogP contribution in [0.4, 0.5) is 0 Å². The third-order valence-electron chi connectivity index (χ3n) is 13.9. The maximum absolute atomic E-state index is 13.1. The molecule has 0 spiro atoms. The Morgan fingerprint density at radius 1 is 0.440 bits per heavy atom. The molecule has 0 radical (unpaired) electrons. The van der Waals surface area contributed by atoms with Crippen LogP contribution < -0.4 is 0 Å². The van der Waals surface area contributed by atoms with Crippen molar-refractivity contribution in [3.63, 3.8) is 0 Å². The summed E-state index contributed by atoms with van der Waals surface area (Å²) in [4.78, 5) is 51.1. The van der Waals surface area contributed by atoms with Crippen LogP contribution in [0.1, 0.15) is 278 Å². The number of carbonyl (C=O) groups is 4. The third kappa shape index (κ3) is 41.5. The normalized spacial score (nSPS) is 18.4. The first-order valence-electron chi connectivity index (χ1n) is 30.6. The molecule has 1 fully saturated rings. The van der Waals surface area contributed by atoms with E-state index >= 15 is 0 Å². The van der Waals surface area contributed by atoms with Crippen LogP contribution in [0, 0.1) is 0 Å². The fourth-order valence-corrected chi connectivity index (χ4v) is 9.13. The number of ether oxygens (including phenoxy) is 5. The van der Waals surface area contributed by atoms with Crippen LogP contribution in [0.5, 0.6) is 0 Å². The Morgan fingerprint density at radius 2 is 0.800 bits per heavy atom. The summed E-state index contributed by atoms with van der Waals surface area (Å²) in [6.07, 6.45) is 49.4. The molecular formula is C63H110O12. The minimum atomic E-state index is -1.91. The second-order valence-electron chi connectivity index (χ2n) is 21.0. The van der Waals surface area contributed by atoms with Gasteiger partial charge in [0, 0.05) is 19.3 Å². The standard InChI is InChI=1S/C63H110O12/c1-4-7-10-13-16-19-21-23-25-27-28-30-32-34-36-39-42-45-48-51-57(66)74-61-59(68)58(67)60(62(69)70)75-63(61)72-53-54(73-56(65)50-47-44-41-37-18-15-12-9-6-3)52-71-55(64)49-46-43-40-38-35-33-31-29-26-24-22-20-17-14-11-8-5-2/h16,19,23-26,28,30,54,58-61,63,67-68H,4-15,17-18,20-22,27,29,31-53H2,1-3H3,(H,69,70)/b19-16-,25-23-,26-24-,30-28-. The number of aliphatic carboxylic acids is 1. The van der Waals surface area contributed by atoms with E-state index in [0.717, 1.165) is 96.3 Å². The summed E-state index contributed by atoms with van der Waals surface area (Å²) in [5.74, 6) is -3.12. The molecule has 0 aromatic carbocycles. The van der Waals surface area contributed by atoms with Crippen molar-refractivity contribution >= 4 is 23.9 Å². The van der Waals surface area contributed by atoms with Gasteiger partial charge >= 0.3 is 23.9 Å². The Morgan fingerprint density at radius 3 is 1.25 bits per heavy atom. The van der Waals surface area contributed by atoms with E-state index < -0.39 is 67.3 Å². The van der Waals surface area contributed by atoms with E-state index in [-0.39, 0.29) is 25.9 Å². The zero-order valence-corrected chi connectivity index (χ0v) is 47.8. The van der Waals surface area contributed by atoms with Crippen molar-refractivity contribution in [2.45, 2.75) is 314 Å². The van der Waals surface area contributed by atoms with Crippen LogP contribution in [0.25, 0.3) is 0 Å². The van der Waals surface area contributed by atoms with Gasteiger partial charge in [-0.2, -0.15) is 0 Å². The molecule has 3 N–H and O–H groups in total. The topological polar surface area (TPSA) is 175 Å². The van der Waals surface area contributed by atoms with Gasteiger partial charge in [0.25, 0.3) is 0 Å². The van der Waals surface area contributed by atoms with Crippen molar-refractivity contribution in [3.05, 3.63) is 48.6 Å². The molecule has 1 aliphatic heterocycles. The molecular weight excluding hydrogens is 949 g/mol. The summed E-state index contributed by atoms with van der Waals surface area (Å²) < 4.78 is 28.4. The molecule has 12 nitrogen and oxygen atoms in total. The SMILES string of the molecule is CCCCC/C=C\C/C=C\C/C=C\CCCCCCCCC(=O)OC1C(OCC(COC(=O)CCCCCCCCC/C=C\CCCCCCCC)OC(=O)CCCCCCCCCCC)OC(C(=O)O)C(O)C1O. The molecule has 0 bridgehead atoms. The number of carboxylic acids is 1. The summed E-state index contributed by atoms with van der Waals surface area (Å²) in [7, 11) is 0. The maximum atomic E-state index is 13.1. The number of hydrogen-bond acceptors (Lipinski definition) is 11. The Labute approximate surface area is 456 Å². The Bertz CT molecular complexity index is 1490. The van der Waals surface area contributed by atoms with Crippen LogP contribution in [0.15, 0.2) is 48.6 Å². The van der Waals surface area contributed by atoms with Crippen LogP contribution in [0.2, 0.25) is 0 Å². The van der Waals surface area contributed by atoms with E-state index in [1.165, 1.54) is 122 Å². The molecule has 12 heteroatoms. The number of allylic oxidation sites excluding steroid dienone is 8. The van der Waals surface area contributed by atoms with Crippen LogP contribution in [-0.2, 0) is 42.9 Å². The molecule has 0 aromatic heterocycles. The highest BCUT2D eigenvalue weighted by atomic mass is 16.7. The number of aliphatic hydroxyl groups is 2. The lowest BCUT2D eigenvalue weighted by Crippen LogP contribution is -2.61. The van der Waals surface area contributed by atoms with E-state index in [9.17, 15) is 34.5 Å². The average Bonchev–Trinajstić information content (AvgIpc) is 3.39. The molecule has 6 unspecified atom stereocenters. The fraction of sp³-hybridized carbons (Fsp3) is 0.810. The lowest BCUT2D eigenvalue weighted by molar-refractivity contribution is -0.301. The highest BCUT2D eigenvalue weighted by molar-refractivity contribution is 5.74. The van der Waals surface area contributed by atoms with Crippen molar-refractivity contribution in [1.29, 1.82) is 0 Å². The molecule has 0 saturated carbocycles. The van der Waals surface area contributed by atoms with Crippen LogP contribution >= 0.6 is 0 Å². The zero-order chi connectivity index (χ0) is 54.7. The van der Waals surface area contributed by atoms with Gasteiger partial charge in [0.1, 0.15) is 18.8 Å². The second kappa shape index (κ2) is 51.4. The van der Waals surface area contributed by atoms with Gasteiger partial charge in [-0.3, -0.25) is 14.4 Å². The molecule has 0 aromatic rings. The van der Waals surface area contributed by atoms with Crippen molar-refractivity contribution < 1.29 is 58.2 Å². The fourth-order valence-electron chi connectivity index (χ4n) is 9.13. The number of hydrogen-bond donors (Lipinski definition) is 3. The first-order chi connectivity index (χ1) is 36.6. The molecule has 1 aliphatic rings. The van der Waals surface area contributed by atoms with Gasteiger partial charge in [-0.1, -0.05) is 223 Å². The Kier molecular flexibility index (Phi) is 47.8. The second-order valence-corrected chi connectivity index (χ2v) is 21.0. The third-order valence-corrected chi connectivity index (χ3v) is 13.9. The lowest BCUT2D eigenvalue weighted by atomic mass is 9.98. The lowest BCUT2D eigenvalue weighted by Gasteiger charge is -2.40. The number of carboxylic acid groups (broad SMARTS) is 1. The van der Waals surface area contributed by atoms with Crippen molar-refractivity contribution in [2.24, 2.45) is 0 Å². The smallest absolute Gasteiger partial charge is 0.335 e. The van der Waals surface area contributed by atoms with E-state index in [4.69, 9.17) is 23.7 Å². The summed E-state index contributed by atoms with van der Waals surface area (Å²) in [5, 5.41) is 31.5. The Hall–Kier alpha value is -3.32. The average molecular weight is 1060 g/mol. The Balaban J connectivity index is 2.62. The quantitative estimate of drug-likeness (QED) is 0.0228. The monoisotopic (exact) mass is 1060 g/mol. The van der Waals surface area contributed by atoms with Gasteiger partial charge in [0.15, 0.2) is 24.6 Å². The molecule has 75 heavy (non-hydrogen) atoms. The molecule has 6 atom stereocenters. The number of aliphatic hydroxyl groups excluding tert-OH is 2. The molecule has 1 heterocycles. The summed E-state index contributed by atoms with van der Waals surface area (Å²) in [6, 6.07) is 0. The number of carbonyl (C=O) groups excluding carboxylic acids is 3. The van der Waals surface area contributed by atoms with Gasteiger partial charge in [-0.25, -0.2) is 4.79 Å². The maximum Gasteiger partial charge on any atom is 0.335 e. The van der Waals surface area contributed by atoms with E-state index in [1.54, 1.807) is 0 Å². The largest absolute Gasteiger partial charge is 0.479 e. The first-order valence-corrected chi connectivity index (χ1v) is 30.6. The van der Waals surface area contributed by atoms with Gasteiger partial charge in [-0.15, -0.1) is 0 Å². The van der Waals surface area contributed by atoms with Crippen LogP contribution in [0.3, 0.4) is 0 Å². The summed E-state index contributed by atoms with van der Waals surface area (Å²) in [6.45, 7) is 5.95. The van der Waals surface area contributed by atoms with Gasteiger partial charge in [-0.05, 0) is 83.5 Å². The molecule has 1 rings (SSSR count). The number of esters is 3. The van der Waals surface area contributed by atoms with Crippen LogP contribution in [-0.4, -0.2) is 89.2 Å². The highest BCUT2D eigenvalue weighted by Crippen LogP contribution is 2.26. The predicted octanol–water partition coefficient (Wildman–Crippen LogP) is 15.8.